The van der Waals surface area contributed by atoms with Gasteiger partial charge in [-0.15, -0.1) is 5.73 Å². The highest BCUT2D eigenvalue weighted by Gasteiger charge is 2.19. The van der Waals surface area contributed by atoms with Crippen molar-refractivity contribution in [1.29, 1.82) is 0 Å². The summed E-state index contributed by atoms with van der Waals surface area (Å²) in [6, 6.07) is 14.7. The van der Waals surface area contributed by atoms with Crippen LogP contribution >= 0.6 is 0 Å². The number of carbonyl (C=O) groups is 1. The Morgan fingerprint density at radius 3 is 2.77 bits per heavy atom. The summed E-state index contributed by atoms with van der Waals surface area (Å²) in [5.41, 5.74) is 9.89. The third-order valence-corrected chi connectivity index (χ3v) is 3.91. The highest BCUT2D eigenvalue weighted by Crippen LogP contribution is 2.38. The molecule has 1 aliphatic rings. The van der Waals surface area contributed by atoms with Crippen LogP contribution in [-0.2, 0) is 16.0 Å². The van der Waals surface area contributed by atoms with E-state index in [-0.39, 0.29) is 5.97 Å². The fraction of sp³-hybridized carbons (Fsp3) is 0.200. The van der Waals surface area contributed by atoms with Crippen LogP contribution in [0.15, 0.2) is 53.8 Å². The second-order valence-corrected chi connectivity index (χ2v) is 5.34. The van der Waals surface area contributed by atoms with Crippen molar-refractivity contribution in [1.82, 2.24) is 0 Å². The minimum Gasteiger partial charge on any atom is -0.462 e. The maximum absolute atomic E-state index is 11.6. The Balaban J connectivity index is 1.99. The van der Waals surface area contributed by atoms with Crippen molar-refractivity contribution in [2.75, 3.05) is 6.61 Å². The lowest BCUT2D eigenvalue weighted by molar-refractivity contribution is -0.138. The van der Waals surface area contributed by atoms with Crippen LogP contribution in [-0.4, -0.2) is 12.6 Å². The quantitative estimate of drug-likeness (QED) is 0.406. The molecule has 22 heavy (non-hydrogen) atoms. The van der Waals surface area contributed by atoms with Crippen LogP contribution in [0.4, 0.5) is 0 Å². The average Bonchev–Trinajstić information content (AvgIpc) is 2.92. The number of esters is 1. The zero-order chi connectivity index (χ0) is 15.5. The van der Waals surface area contributed by atoms with Gasteiger partial charge in [-0.05, 0) is 54.2 Å². The molecule has 0 spiro atoms. The Labute approximate surface area is 130 Å². The van der Waals surface area contributed by atoms with Crippen LogP contribution in [0, 0.1) is 0 Å². The molecule has 0 amide bonds. The number of carbonyl (C=O) groups excluding carboxylic acids is 1. The van der Waals surface area contributed by atoms with E-state index in [9.17, 15) is 4.79 Å². The van der Waals surface area contributed by atoms with Crippen molar-refractivity contribution in [3.63, 3.8) is 0 Å². The van der Waals surface area contributed by atoms with Crippen molar-refractivity contribution in [2.45, 2.75) is 20.3 Å². The minimum absolute atomic E-state index is 0.311. The largest absolute Gasteiger partial charge is 0.462 e. The van der Waals surface area contributed by atoms with Gasteiger partial charge in [-0.25, -0.2) is 4.79 Å². The van der Waals surface area contributed by atoms with Crippen LogP contribution in [0.25, 0.3) is 17.2 Å². The standard InChI is InChI=1S/C20H18O2/c1-3-22-20(21)14(2)11-12-15-8-6-10-18-17-9-5-4-7-16(17)13-19(15)18/h4-10,12H,3,13H2,1-2H3. The molecule has 0 N–H and O–H groups in total. The highest BCUT2D eigenvalue weighted by atomic mass is 16.5. The molecule has 0 atom stereocenters. The zero-order valence-electron chi connectivity index (χ0n) is 12.8. The smallest absolute Gasteiger partial charge is 0.341 e. The Morgan fingerprint density at radius 2 is 1.95 bits per heavy atom. The predicted octanol–water partition coefficient (Wildman–Crippen LogP) is 4.38. The summed E-state index contributed by atoms with van der Waals surface area (Å²) < 4.78 is 4.98. The maximum atomic E-state index is 11.6. The first-order valence-electron chi connectivity index (χ1n) is 7.51. The van der Waals surface area contributed by atoms with Gasteiger partial charge in [-0.1, -0.05) is 42.5 Å². The number of rotatable bonds is 3. The summed E-state index contributed by atoms with van der Waals surface area (Å²) in [4.78, 5) is 11.6. The lowest BCUT2D eigenvalue weighted by atomic mass is 10.0. The van der Waals surface area contributed by atoms with Crippen molar-refractivity contribution < 1.29 is 9.53 Å². The molecule has 3 rings (SSSR count). The first-order chi connectivity index (χ1) is 10.7. The topological polar surface area (TPSA) is 26.3 Å². The van der Waals surface area contributed by atoms with E-state index in [1.54, 1.807) is 13.8 Å². The monoisotopic (exact) mass is 290 g/mol. The van der Waals surface area contributed by atoms with E-state index in [4.69, 9.17) is 4.74 Å². The Hall–Kier alpha value is -2.57. The maximum Gasteiger partial charge on any atom is 0.341 e. The molecule has 2 aromatic rings. The molecule has 0 aromatic heterocycles. The van der Waals surface area contributed by atoms with E-state index < -0.39 is 0 Å². The van der Waals surface area contributed by atoms with Gasteiger partial charge in [0.1, 0.15) is 0 Å². The molecule has 2 heteroatoms. The number of fused-ring (bicyclic) bond motifs is 3. The molecule has 0 heterocycles. The van der Waals surface area contributed by atoms with E-state index in [1.165, 1.54) is 22.3 Å². The van der Waals surface area contributed by atoms with Gasteiger partial charge in [-0.3, -0.25) is 0 Å². The number of benzene rings is 2. The van der Waals surface area contributed by atoms with Gasteiger partial charge in [0.2, 0.25) is 0 Å². The molecule has 0 saturated heterocycles. The van der Waals surface area contributed by atoms with E-state index in [2.05, 4.69) is 42.1 Å². The fourth-order valence-electron chi connectivity index (χ4n) is 2.80. The molecule has 1 aliphatic carbocycles. The van der Waals surface area contributed by atoms with Crippen LogP contribution in [0.2, 0.25) is 0 Å². The highest BCUT2D eigenvalue weighted by molar-refractivity contribution is 5.88. The van der Waals surface area contributed by atoms with E-state index in [0.29, 0.717) is 12.2 Å². The van der Waals surface area contributed by atoms with Gasteiger partial charge >= 0.3 is 5.97 Å². The second kappa shape index (κ2) is 6.05. The summed E-state index contributed by atoms with van der Waals surface area (Å²) in [5.74, 6) is -0.311. The number of hydrogen-bond acceptors (Lipinski definition) is 2. The molecule has 0 fully saturated rings. The van der Waals surface area contributed by atoms with Gasteiger partial charge in [0, 0.05) is 0 Å². The van der Waals surface area contributed by atoms with Gasteiger partial charge in [0.15, 0.2) is 0 Å². The van der Waals surface area contributed by atoms with Crippen LogP contribution in [0.5, 0.6) is 0 Å². The molecule has 2 nitrogen and oxygen atoms in total. The predicted molar refractivity (Wildman–Crippen MR) is 88.5 cm³/mol. The molecule has 0 aliphatic heterocycles. The zero-order valence-corrected chi connectivity index (χ0v) is 12.8. The average molecular weight is 290 g/mol. The number of ether oxygens (including phenoxy) is 1. The lowest BCUT2D eigenvalue weighted by Crippen LogP contribution is -2.03. The molecule has 0 bridgehead atoms. The Kier molecular flexibility index (Phi) is 3.95. The Bertz CT molecular complexity index is 793. The van der Waals surface area contributed by atoms with Crippen LogP contribution < -0.4 is 0 Å². The lowest BCUT2D eigenvalue weighted by Gasteiger charge is -2.03. The third-order valence-electron chi connectivity index (χ3n) is 3.91. The van der Waals surface area contributed by atoms with E-state index in [1.807, 2.05) is 12.1 Å². The van der Waals surface area contributed by atoms with Gasteiger partial charge in [0.25, 0.3) is 0 Å². The van der Waals surface area contributed by atoms with E-state index in [0.717, 1.165) is 12.0 Å². The SMILES string of the molecule is CCOC(=O)C(C)=C=Cc1cccc2c1Cc1ccccc1-2. The van der Waals surface area contributed by atoms with Crippen LogP contribution in [0.3, 0.4) is 0 Å². The second-order valence-electron chi connectivity index (χ2n) is 5.34. The van der Waals surface area contributed by atoms with Crippen molar-refractivity contribution in [3.05, 3.63) is 70.5 Å². The molecule has 110 valence electrons. The minimum atomic E-state index is -0.311. The van der Waals surface area contributed by atoms with Crippen molar-refractivity contribution in [2.24, 2.45) is 0 Å². The summed E-state index contributed by atoms with van der Waals surface area (Å²) in [6.07, 6.45) is 2.81. The first-order valence-corrected chi connectivity index (χ1v) is 7.51. The van der Waals surface area contributed by atoms with Gasteiger partial charge in [-0.2, -0.15) is 0 Å². The molecule has 0 radical (unpaired) electrons. The van der Waals surface area contributed by atoms with E-state index >= 15 is 0 Å². The molecular formula is C20H18O2. The number of hydrogen-bond donors (Lipinski definition) is 0. The summed E-state index contributed by atoms with van der Waals surface area (Å²) in [5, 5.41) is 0. The Morgan fingerprint density at radius 1 is 1.18 bits per heavy atom. The fourth-order valence-corrected chi connectivity index (χ4v) is 2.80. The summed E-state index contributed by atoms with van der Waals surface area (Å²) in [6.45, 7) is 3.91. The molecular weight excluding hydrogens is 272 g/mol. The van der Waals surface area contributed by atoms with Gasteiger partial charge < -0.3 is 4.74 Å². The summed E-state index contributed by atoms with van der Waals surface area (Å²) >= 11 is 0. The summed E-state index contributed by atoms with van der Waals surface area (Å²) in [7, 11) is 0. The van der Waals surface area contributed by atoms with Crippen LogP contribution in [0.1, 0.15) is 30.5 Å². The normalized spacial score (nSPS) is 11.2. The first kappa shape index (κ1) is 14.4. The molecule has 0 unspecified atom stereocenters. The van der Waals surface area contributed by atoms with Crippen molar-refractivity contribution in [3.8, 4) is 11.1 Å². The van der Waals surface area contributed by atoms with Gasteiger partial charge in [0.05, 0.1) is 12.2 Å². The third kappa shape index (κ3) is 2.61. The molecule has 2 aromatic carbocycles. The molecule has 0 saturated carbocycles. The van der Waals surface area contributed by atoms with Crippen molar-refractivity contribution >= 4 is 12.0 Å².